The van der Waals surface area contributed by atoms with Crippen molar-refractivity contribution in [2.45, 2.75) is 19.6 Å². The molecule has 0 saturated heterocycles. The maximum atomic E-state index is 14.1. The Balaban J connectivity index is 1.36. The normalized spacial score (nSPS) is 13.8. The molecule has 0 amide bonds. The molecule has 0 unspecified atom stereocenters. The lowest BCUT2D eigenvalue weighted by molar-refractivity contribution is 0.348. The van der Waals surface area contributed by atoms with Crippen LogP contribution < -0.4 is 0 Å². The molecule has 0 atom stereocenters. The van der Waals surface area contributed by atoms with Gasteiger partial charge in [0.15, 0.2) is 0 Å². The molecule has 4 aromatic carbocycles. The van der Waals surface area contributed by atoms with Crippen molar-refractivity contribution in [3.8, 4) is 0 Å². The lowest BCUT2D eigenvalue weighted by atomic mass is 10.1. The Kier molecular flexibility index (Phi) is 6.32. The summed E-state index contributed by atoms with van der Waals surface area (Å²) in [6, 6.07) is 24.3. The molecule has 2 aliphatic rings. The second kappa shape index (κ2) is 9.75. The number of hydrogen-bond acceptors (Lipinski definition) is 5. The predicted octanol–water partition coefficient (Wildman–Crippen LogP) is 8.84. The minimum Gasteiger partial charge on any atom is -0.417 e. The van der Waals surface area contributed by atoms with E-state index in [1.54, 1.807) is 12.1 Å². The van der Waals surface area contributed by atoms with E-state index in [9.17, 15) is 13.7 Å². The highest BCUT2D eigenvalue weighted by Crippen LogP contribution is 2.50. The van der Waals surface area contributed by atoms with Crippen LogP contribution in [0, 0.1) is 11.6 Å². The highest BCUT2D eigenvalue weighted by Gasteiger charge is 2.25. The zero-order valence-corrected chi connectivity index (χ0v) is 21.0. The number of hydrogen-bond donors (Lipinski definition) is 1. The van der Waals surface area contributed by atoms with E-state index in [-0.39, 0.29) is 11.6 Å². The van der Waals surface area contributed by atoms with Crippen molar-refractivity contribution in [1.82, 2.24) is 0 Å². The number of benzene rings is 4. The molecule has 36 heavy (non-hydrogen) atoms. The van der Waals surface area contributed by atoms with Gasteiger partial charge < -0.3 is 13.9 Å². The van der Waals surface area contributed by atoms with Crippen LogP contribution in [0.1, 0.15) is 22.3 Å². The molecule has 1 N–H and O–H groups in total. The molecule has 4 aromatic rings. The molecule has 0 saturated carbocycles. The van der Waals surface area contributed by atoms with Gasteiger partial charge in [-0.1, -0.05) is 59.9 Å². The maximum absolute atomic E-state index is 14.1. The molecular formula is C28H17F2O3PS2. The van der Waals surface area contributed by atoms with Gasteiger partial charge in [-0.25, -0.2) is 8.78 Å². The summed E-state index contributed by atoms with van der Waals surface area (Å²) in [5.41, 5.74) is 3.08. The topological polar surface area (TPSA) is 38.7 Å². The minimum atomic E-state index is -2.44. The van der Waals surface area contributed by atoms with Crippen LogP contribution in [0.2, 0.25) is 0 Å². The van der Waals surface area contributed by atoms with Crippen LogP contribution in [0.5, 0.6) is 0 Å². The Labute approximate surface area is 216 Å². The van der Waals surface area contributed by atoms with Crippen molar-refractivity contribution < 1.29 is 22.7 Å². The van der Waals surface area contributed by atoms with E-state index in [2.05, 4.69) is 0 Å². The molecule has 0 fully saturated rings. The maximum Gasteiger partial charge on any atom is 0.460 e. The Morgan fingerprint density at radius 3 is 1.50 bits per heavy atom. The van der Waals surface area contributed by atoms with Crippen LogP contribution in [0.3, 0.4) is 0 Å². The fourth-order valence-corrected chi connectivity index (χ4v) is 6.80. The van der Waals surface area contributed by atoms with Crippen LogP contribution in [-0.2, 0) is 9.05 Å². The summed E-state index contributed by atoms with van der Waals surface area (Å²) in [6.45, 7) is 0. The smallest absolute Gasteiger partial charge is 0.417 e. The Morgan fingerprint density at radius 2 is 1.03 bits per heavy atom. The first kappa shape index (κ1) is 23.3. The van der Waals surface area contributed by atoms with Gasteiger partial charge in [0.2, 0.25) is 0 Å². The SMILES string of the molecule is OP(OC1=Cc2ccccc2Sc2cc(F)ccc21)OC1=Cc2ccccc2Sc2cc(F)ccc21. The Hall–Kier alpha value is -3.09. The average molecular weight is 535 g/mol. The van der Waals surface area contributed by atoms with Crippen molar-refractivity contribution in [3.63, 3.8) is 0 Å². The quantitative estimate of drug-likeness (QED) is 0.265. The van der Waals surface area contributed by atoms with Gasteiger partial charge in [0, 0.05) is 30.7 Å². The molecule has 178 valence electrons. The second-order valence-corrected chi connectivity index (χ2v) is 11.0. The molecule has 0 aliphatic carbocycles. The zero-order chi connectivity index (χ0) is 24.6. The minimum absolute atomic E-state index is 0.355. The summed E-state index contributed by atoms with van der Waals surface area (Å²) >= 11 is 2.87. The fourth-order valence-electron chi connectivity index (χ4n) is 3.97. The van der Waals surface area contributed by atoms with E-state index in [4.69, 9.17) is 9.05 Å². The van der Waals surface area contributed by atoms with Gasteiger partial charge >= 0.3 is 8.60 Å². The molecule has 6 rings (SSSR count). The Morgan fingerprint density at radius 1 is 0.583 bits per heavy atom. The molecule has 2 aliphatic heterocycles. The van der Waals surface area contributed by atoms with Gasteiger partial charge in [0.1, 0.15) is 23.2 Å². The van der Waals surface area contributed by atoms with Gasteiger partial charge in [-0.15, -0.1) is 0 Å². The summed E-state index contributed by atoms with van der Waals surface area (Å²) in [7, 11) is -2.44. The summed E-state index contributed by atoms with van der Waals surface area (Å²) in [5, 5.41) is 0. The lowest BCUT2D eigenvalue weighted by Gasteiger charge is -2.18. The summed E-state index contributed by atoms with van der Waals surface area (Å²) in [6.07, 6.45) is 3.63. The van der Waals surface area contributed by atoms with Crippen LogP contribution in [0.25, 0.3) is 23.7 Å². The van der Waals surface area contributed by atoms with Crippen molar-refractivity contribution in [3.05, 3.63) is 119 Å². The first-order valence-electron chi connectivity index (χ1n) is 11.0. The van der Waals surface area contributed by atoms with Crippen molar-refractivity contribution >= 4 is 55.8 Å². The third-order valence-corrected chi connectivity index (χ3v) is 8.63. The average Bonchev–Trinajstić information content (AvgIpc) is 3.10. The van der Waals surface area contributed by atoms with E-state index < -0.39 is 8.60 Å². The molecule has 3 nitrogen and oxygen atoms in total. The number of rotatable bonds is 4. The van der Waals surface area contributed by atoms with Crippen LogP contribution >= 0.6 is 32.1 Å². The summed E-state index contributed by atoms with van der Waals surface area (Å²) in [5.74, 6) is 0.0380. The van der Waals surface area contributed by atoms with E-state index in [0.717, 1.165) is 20.9 Å². The van der Waals surface area contributed by atoms with E-state index in [1.165, 1.54) is 47.8 Å². The van der Waals surface area contributed by atoms with E-state index in [0.29, 0.717) is 32.4 Å². The predicted molar refractivity (Wildman–Crippen MR) is 141 cm³/mol. The molecule has 0 spiro atoms. The number of fused-ring (bicyclic) bond motifs is 4. The summed E-state index contributed by atoms with van der Waals surface area (Å²) in [4.78, 5) is 14.2. The molecule has 0 radical (unpaired) electrons. The first-order chi connectivity index (χ1) is 17.5. The van der Waals surface area contributed by atoms with E-state index >= 15 is 0 Å². The molecule has 2 heterocycles. The Bertz CT molecular complexity index is 1440. The van der Waals surface area contributed by atoms with Crippen molar-refractivity contribution in [1.29, 1.82) is 0 Å². The van der Waals surface area contributed by atoms with Gasteiger partial charge in [-0.3, -0.25) is 0 Å². The van der Waals surface area contributed by atoms with Crippen LogP contribution in [-0.4, -0.2) is 4.89 Å². The standard InChI is InChI=1S/C28H17F2O3PS2/c29-19-9-11-21-23(13-17-5-1-3-7-25(17)35-27(21)15-19)32-34(31)33-24-14-18-6-2-4-8-26(18)36-28-16-20(30)10-12-22(24)28/h1-16,31H. The highest BCUT2D eigenvalue weighted by atomic mass is 32.2. The number of halogens is 2. The lowest BCUT2D eigenvalue weighted by Crippen LogP contribution is -1.95. The van der Waals surface area contributed by atoms with E-state index in [1.807, 2.05) is 60.7 Å². The van der Waals surface area contributed by atoms with Crippen molar-refractivity contribution in [2.75, 3.05) is 0 Å². The van der Waals surface area contributed by atoms with Gasteiger partial charge in [0.25, 0.3) is 0 Å². The first-order valence-corrected chi connectivity index (χ1v) is 13.7. The third kappa shape index (κ3) is 4.67. The monoisotopic (exact) mass is 534 g/mol. The van der Waals surface area contributed by atoms with Crippen LogP contribution in [0.15, 0.2) is 105 Å². The molecular weight excluding hydrogens is 517 g/mol. The van der Waals surface area contributed by atoms with Crippen LogP contribution in [0.4, 0.5) is 8.78 Å². The molecule has 0 bridgehead atoms. The second-order valence-electron chi connectivity index (χ2n) is 8.00. The van der Waals surface area contributed by atoms with Crippen molar-refractivity contribution in [2.24, 2.45) is 0 Å². The highest BCUT2D eigenvalue weighted by molar-refractivity contribution is 7.99. The summed E-state index contributed by atoms with van der Waals surface area (Å²) < 4.78 is 40.0. The zero-order valence-electron chi connectivity index (χ0n) is 18.5. The van der Waals surface area contributed by atoms with Gasteiger partial charge in [-0.2, -0.15) is 0 Å². The van der Waals surface area contributed by atoms with Gasteiger partial charge in [0.05, 0.1) is 0 Å². The molecule has 0 aromatic heterocycles. The largest absolute Gasteiger partial charge is 0.460 e. The molecule has 8 heteroatoms. The fraction of sp³-hybridized carbons (Fsp3) is 0. The van der Waals surface area contributed by atoms with Gasteiger partial charge in [-0.05, 0) is 71.8 Å². The third-order valence-electron chi connectivity index (χ3n) is 5.62.